The van der Waals surface area contributed by atoms with Crippen molar-refractivity contribution in [3.05, 3.63) is 29.8 Å². The molecule has 82 valence electrons. The summed E-state index contributed by atoms with van der Waals surface area (Å²) in [7, 11) is 0. The van der Waals surface area contributed by atoms with Gasteiger partial charge in [-0.15, -0.1) is 0 Å². The van der Waals surface area contributed by atoms with Crippen molar-refractivity contribution in [1.82, 2.24) is 0 Å². The molecule has 0 saturated heterocycles. The normalized spacial score (nSPS) is 10.1. The van der Waals surface area contributed by atoms with Crippen LogP contribution >= 0.6 is 0 Å². The van der Waals surface area contributed by atoms with E-state index in [1.165, 1.54) is 6.07 Å². The van der Waals surface area contributed by atoms with Gasteiger partial charge in [-0.2, -0.15) is 0 Å². The molecule has 0 aliphatic rings. The van der Waals surface area contributed by atoms with Gasteiger partial charge >= 0.3 is 0 Å². The van der Waals surface area contributed by atoms with Crippen LogP contribution in [0.5, 0.6) is 5.75 Å². The molecule has 0 aromatic heterocycles. The highest BCUT2D eigenvalue weighted by Crippen LogP contribution is 2.17. The number of benzene rings is 1. The summed E-state index contributed by atoms with van der Waals surface area (Å²) in [4.78, 5) is 11.1. The summed E-state index contributed by atoms with van der Waals surface area (Å²) in [6.45, 7) is 1.70. The third-order valence-electron chi connectivity index (χ3n) is 1.81. The second-order valence-corrected chi connectivity index (χ2v) is 3.15. The summed E-state index contributed by atoms with van der Waals surface area (Å²) < 4.78 is 30.4. The molecule has 0 radical (unpaired) electrons. The first-order valence-corrected chi connectivity index (χ1v) is 4.73. The molecule has 0 bridgehead atoms. The highest BCUT2D eigenvalue weighted by atomic mass is 19.1. The van der Waals surface area contributed by atoms with E-state index in [4.69, 9.17) is 4.74 Å². The first-order chi connectivity index (χ1) is 7.13. The quantitative estimate of drug-likeness (QED) is 0.753. The molecule has 0 atom stereocenters. The van der Waals surface area contributed by atoms with Gasteiger partial charge in [0.05, 0.1) is 0 Å². The molecule has 1 aromatic carbocycles. The highest BCUT2D eigenvalue weighted by Gasteiger charge is 2.07. The molecular weight excluding hydrogens is 202 g/mol. The fourth-order valence-corrected chi connectivity index (χ4v) is 1.10. The van der Waals surface area contributed by atoms with Crippen molar-refractivity contribution >= 4 is 5.78 Å². The largest absolute Gasteiger partial charge is 0.483 e. The molecule has 2 nitrogen and oxygen atoms in total. The van der Waals surface area contributed by atoms with Crippen LogP contribution in [0.2, 0.25) is 0 Å². The van der Waals surface area contributed by atoms with Crippen LogP contribution in [-0.2, 0) is 4.79 Å². The van der Waals surface area contributed by atoms with E-state index >= 15 is 0 Å². The number of rotatable bonds is 5. The predicted molar refractivity (Wildman–Crippen MR) is 51.8 cm³/mol. The third-order valence-corrected chi connectivity index (χ3v) is 1.81. The summed E-state index contributed by atoms with van der Waals surface area (Å²) in [5.74, 6) is -1.65. The van der Waals surface area contributed by atoms with Gasteiger partial charge in [-0.25, -0.2) is 8.78 Å². The summed E-state index contributed by atoms with van der Waals surface area (Å²) >= 11 is 0. The molecule has 0 saturated carbocycles. The molecule has 0 N–H and O–H groups in total. The highest BCUT2D eigenvalue weighted by molar-refractivity contribution is 5.79. The number of hydrogen-bond donors (Lipinski definition) is 0. The first-order valence-electron chi connectivity index (χ1n) is 4.73. The third kappa shape index (κ3) is 3.65. The number of ketones is 1. The molecule has 1 rings (SSSR count). The Bertz CT molecular complexity index is 350. The van der Waals surface area contributed by atoms with Crippen molar-refractivity contribution in [3.63, 3.8) is 0 Å². The van der Waals surface area contributed by atoms with Crippen molar-refractivity contribution in [1.29, 1.82) is 0 Å². The van der Waals surface area contributed by atoms with Crippen molar-refractivity contribution in [2.24, 2.45) is 0 Å². The van der Waals surface area contributed by atoms with Crippen LogP contribution < -0.4 is 4.74 Å². The standard InChI is InChI=1S/C11H12F2O2/c1-2-3-9(14)7-15-11-5-4-8(12)6-10(11)13/h4-6H,2-3,7H2,1H3. The maximum absolute atomic E-state index is 13.0. The fourth-order valence-electron chi connectivity index (χ4n) is 1.10. The molecule has 1 aromatic rings. The zero-order chi connectivity index (χ0) is 11.3. The minimum atomic E-state index is -0.792. The molecule has 0 aliphatic carbocycles. The van der Waals surface area contributed by atoms with E-state index in [-0.39, 0.29) is 18.1 Å². The minimum Gasteiger partial charge on any atom is -0.483 e. The molecular formula is C11H12F2O2. The minimum absolute atomic E-state index is 0.0961. The lowest BCUT2D eigenvalue weighted by molar-refractivity contribution is -0.121. The zero-order valence-corrected chi connectivity index (χ0v) is 8.43. The van der Waals surface area contributed by atoms with Crippen LogP contribution in [0, 0.1) is 11.6 Å². The van der Waals surface area contributed by atoms with Crippen LogP contribution in [-0.4, -0.2) is 12.4 Å². The summed E-state index contributed by atoms with van der Waals surface area (Å²) in [6.07, 6.45) is 1.14. The first kappa shape index (κ1) is 11.6. The summed E-state index contributed by atoms with van der Waals surface area (Å²) in [5.41, 5.74) is 0. The topological polar surface area (TPSA) is 26.3 Å². The van der Waals surface area contributed by atoms with E-state index < -0.39 is 11.6 Å². The van der Waals surface area contributed by atoms with Gasteiger partial charge in [0.1, 0.15) is 12.4 Å². The Labute approximate surface area is 86.9 Å². The number of carbonyl (C=O) groups is 1. The predicted octanol–water partition coefficient (Wildman–Crippen LogP) is 2.71. The number of ether oxygens (including phenoxy) is 1. The van der Waals surface area contributed by atoms with Gasteiger partial charge in [0.2, 0.25) is 0 Å². The van der Waals surface area contributed by atoms with E-state index in [0.29, 0.717) is 6.42 Å². The molecule has 4 heteroatoms. The lowest BCUT2D eigenvalue weighted by atomic mass is 10.2. The Morgan fingerprint density at radius 1 is 1.40 bits per heavy atom. The molecule has 0 aliphatic heterocycles. The van der Waals surface area contributed by atoms with Crippen molar-refractivity contribution in [3.8, 4) is 5.75 Å². The van der Waals surface area contributed by atoms with E-state index in [1.807, 2.05) is 6.92 Å². The maximum atomic E-state index is 13.0. The number of Topliss-reactive ketones (excluding diaryl/α,β-unsaturated/α-hetero) is 1. The average molecular weight is 214 g/mol. The van der Waals surface area contributed by atoms with E-state index in [1.54, 1.807) is 0 Å². The summed E-state index contributed by atoms with van der Waals surface area (Å²) in [5, 5.41) is 0. The summed E-state index contributed by atoms with van der Waals surface area (Å²) in [6, 6.07) is 2.98. The van der Waals surface area contributed by atoms with Crippen molar-refractivity contribution in [2.75, 3.05) is 6.61 Å². The Kier molecular flexibility index (Phi) is 4.21. The lowest BCUT2D eigenvalue weighted by Crippen LogP contribution is -2.11. The van der Waals surface area contributed by atoms with Gasteiger partial charge in [0.15, 0.2) is 17.3 Å². The monoisotopic (exact) mass is 214 g/mol. The van der Waals surface area contributed by atoms with Crippen molar-refractivity contribution in [2.45, 2.75) is 19.8 Å². The second kappa shape index (κ2) is 5.44. The molecule has 0 amide bonds. The molecule has 0 heterocycles. The van der Waals surface area contributed by atoms with Crippen LogP contribution in [0.1, 0.15) is 19.8 Å². The van der Waals surface area contributed by atoms with E-state index in [9.17, 15) is 13.6 Å². The van der Waals surface area contributed by atoms with Crippen LogP contribution in [0.4, 0.5) is 8.78 Å². The molecule has 15 heavy (non-hydrogen) atoms. The van der Waals surface area contributed by atoms with Gasteiger partial charge in [-0.3, -0.25) is 4.79 Å². The lowest BCUT2D eigenvalue weighted by Gasteiger charge is -2.05. The van der Waals surface area contributed by atoms with Gasteiger partial charge in [-0.1, -0.05) is 6.92 Å². The maximum Gasteiger partial charge on any atom is 0.170 e. The molecule has 0 fully saturated rings. The Morgan fingerprint density at radius 3 is 2.73 bits per heavy atom. The smallest absolute Gasteiger partial charge is 0.170 e. The number of carbonyl (C=O) groups excluding carboxylic acids is 1. The van der Waals surface area contributed by atoms with Gasteiger partial charge in [0, 0.05) is 12.5 Å². The fraction of sp³-hybridized carbons (Fsp3) is 0.364. The zero-order valence-electron chi connectivity index (χ0n) is 8.43. The number of halogens is 2. The van der Waals surface area contributed by atoms with Gasteiger partial charge < -0.3 is 4.74 Å². The van der Waals surface area contributed by atoms with Gasteiger partial charge in [0.25, 0.3) is 0 Å². The van der Waals surface area contributed by atoms with Crippen molar-refractivity contribution < 1.29 is 18.3 Å². The van der Waals surface area contributed by atoms with E-state index in [0.717, 1.165) is 18.6 Å². The SMILES string of the molecule is CCCC(=O)COc1ccc(F)cc1F. The molecule has 0 unspecified atom stereocenters. The molecule has 0 spiro atoms. The van der Waals surface area contributed by atoms with Crippen LogP contribution in [0.15, 0.2) is 18.2 Å². The van der Waals surface area contributed by atoms with E-state index in [2.05, 4.69) is 0 Å². The van der Waals surface area contributed by atoms with Crippen LogP contribution in [0.25, 0.3) is 0 Å². The van der Waals surface area contributed by atoms with Gasteiger partial charge in [-0.05, 0) is 18.6 Å². The Hall–Kier alpha value is -1.45. The second-order valence-electron chi connectivity index (χ2n) is 3.15. The Balaban J connectivity index is 2.54. The average Bonchev–Trinajstić information content (AvgIpc) is 2.17. The Morgan fingerprint density at radius 2 is 2.13 bits per heavy atom. The van der Waals surface area contributed by atoms with Crippen LogP contribution in [0.3, 0.4) is 0 Å². The number of hydrogen-bond acceptors (Lipinski definition) is 2.